The van der Waals surface area contributed by atoms with Crippen LogP contribution >= 0.6 is 7.82 Å². The first-order valence-corrected chi connectivity index (χ1v) is 30.3. The summed E-state index contributed by atoms with van der Waals surface area (Å²) in [5, 5.41) is 0. The summed E-state index contributed by atoms with van der Waals surface area (Å²) in [7, 11) is 1.47. The second-order valence-corrected chi connectivity index (χ2v) is 21.7. The summed E-state index contributed by atoms with van der Waals surface area (Å²) in [6.45, 7) is 4.31. The maximum atomic E-state index is 12.8. The van der Waals surface area contributed by atoms with Crippen LogP contribution in [-0.4, -0.2) is 74.9 Å². The van der Waals surface area contributed by atoms with Gasteiger partial charge in [-0.15, -0.1) is 0 Å². The molecule has 9 nitrogen and oxygen atoms in total. The Morgan fingerprint density at radius 1 is 0.451 bits per heavy atom. The largest absolute Gasteiger partial charge is 0.472 e. The SMILES string of the molecule is CC/C=C\C/C=C\C/C=C\C/C=C\C/C=C\C/C=C\CCCCCCCCCCCCCCC(=O)OC(COC(=O)CCCCCCC/C=C\CCCCCCCCC)COP(=O)(O)OCC[N+](C)(C)C. The molecule has 0 spiro atoms. The summed E-state index contributed by atoms with van der Waals surface area (Å²) >= 11 is 0. The summed E-state index contributed by atoms with van der Waals surface area (Å²) in [6, 6.07) is 0. The van der Waals surface area contributed by atoms with E-state index in [9.17, 15) is 19.0 Å². The zero-order chi connectivity index (χ0) is 52.0. The Bertz CT molecular complexity index is 1470. The normalized spacial score (nSPS) is 13.9. The third kappa shape index (κ3) is 56.3. The molecule has 0 aromatic rings. The molecule has 0 heterocycles. The van der Waals surface area contributed by atoms with Crippen LogP contribution in [0.5, 0.6) is 0 Å². The fraction of sp³-hybridized carbons (Fsp3) is 0.738. The number of carbonyl (C=O) groups is 2. The molecule has 1 N–H and O–H groups in total. The fourth-order valence-electron chi connectivity index (χ4n) is 7.72. The molecule has 0 aromatic carbocycles. The molecule has 0 aliphatic heterocycles. The van der Waals surface area contributed by atoms with Crippen molar-refractivity contribution in [1.82, 2.24) is 0 Å². The van der Waals surface area contributed by atoms with Crippen LogP contribution in [-0.2, 0) is 32.7 Å². The van der Waals surface area contributed by atoms with Crippen molar-refractivity contribution >= 4 is 19.8 Å². The van der Waals surface area contributed by atoms with Gasteiger partial charge in [0.1, 0.15) is 19.8 Å². The minimum Gasteiger partial charge on any atom is -0.462 e. The molecule has 0 amide bonds. The maximum Gasteiger partial charge on any atom is 0.472 e. The number of phosphoric acid groups is 1. The van der Waals surface area contributed by atoms with Gasteiger partial charge in [-0.1, -0.05) is 221 Å². The van der Waals surface area contributed by atoms with Crippen molar-refractivity contribution in [3.8, 4) is 0 Å². The van der Waals surface area contributed by atoms with E-state index >= 15 is 0 Å². The summed E-state index contributed by atoms with van der Waals surface area (Å²) in [5.74, 6) is -0.809. The van der Waals surface area contributed by atoms with Gasteiger partial charge in [-0.25, -0.2) is 4.57 Å². The molecular formula is C61H109NO8P+. The lowest BCUT2D eigenvalue weighted by Gasteiger charge is -2.24. The third-order valence-corrected chi connectivity index (χ3v) is 13.1. The van der Waals surface area contributed by atoms with Crippen molar-refractivity contribution in [3.63, 3.8) is 0 Å². The van der Waals surface area contributed by atoms with Crippen LogP contribution < -0.4 is 0 Å². The maximum absolute atomic E-state index is 12.8. The van der Waals surface area contributed by atoms with Crippen molar-refractivity contribution < 1.29 is 42.1 Å². The van der Waals surface area contributed by atoms with E-state index in [2.05, 4.69) is 98.9 Å². The van der Waals surface area contributed by atoms with Crippen LogP contribution in [0, 0.1) is 0 Å². The first-order valence-electron chi connectivity index (χ1n) is 28.8. The molecule has 0 aliphatic rings. The topological polar surface area (TPSA) is 108 Å². The summed E-state index contributed by atoms with van der Waals surface area (Å²) in [5.41, 5.74) is 0. The lowest BCUT2D eigenvalue weighted by Crippen LogP contribution is -2.37. The second-order valence-electron chi connectivity index (χ2n) is 20.3. The van der Waals surface area contributed by atoms with E-state index in [-0.39, 0.29) is 32.0 Å². The number of ether oxygens (including phenoxy) is 2. The number of esters is 2. The monoisotopic (exact) mass is 1010 g/mol. The molecule has 0 aliphatic carbocycles. The number of likely N-dealkylation sites (N-methyl/N-ethyl adjacent to an activating group) is 1. The molecule has 0 radical (unpaired) electrons. The van der Waals surface area contributed by atoms with Crippen LogP contribution in [0.4, 0.5) is 0 Å². The highest BCUT2D eigenvalue weighted by atomic mass is 31.2. The smallest absolute Gasteiger partial charge is 0.462 e. The van der Waals surface area contributed by atoms with Crippen molar-refractivity contribution in [3.05, 3.63) is 85.1 Å². The molecule has 0 bridgehead atoms. The number of nitrogens with zero attached hydrogens (tertiary/aromatic N) is 1. The molecule has 0 saturated heterocycles. The van der Waals surface area contributed by atoms with Gasteiger partial charge in [0.25, 0.3) is 0 Å². The van der Waals surface area contributed by atoms with Gasteiger partial charge in [0.05, 0.1) is 27.7 Å². The minimum absolute atomic E-state index is 0.0273. The number of quaternary nitrogens is 1. The van der Waals surface area contributed by atoms with E-state index in [1.807, 2.05) is 21.1 Å². The number of unbranched alkanes of at least 4 members (excludes halogenated alkanes) is 24. The first-order chi connectivity index (χ1) is 34.5. The van der Waals surface area contributed by atoms with Gasteiger partial charge >= 0.3 is 19.8 Å². The number of phosphoric ester groups is 1. The van der Waals surface area contributed by atoms with Gasteiger partial charge in [0, 0.05) is 12.8 Å². The third-order valence-electron chi connectivity index (χ3n) is 12.2. The Morgan fingerprint density at radius 2 is 0.803 bits per heavy atom. The Morgan fingerprint density at radius 3 is 1.21 bits per heavy atom. The van der Waals surface area contributed by atoms with Crippen molar-refractivity contribution in [2.24, 2.45) is 0 Å². The predicted octanol–water partition coefficient (Wildman–Crippen LogP) is 17.9. The van der Waals surface area contributed by atoms with Crippen molar-refractivity contribution in [1.29, 1.82) is 0 Å². The van der Waals surface area contributed by atoms with Gasteiger partial charge < -0.3 is 18.9 Å². The molecule has 2 unspecified atom stereocenters. The number of hydrogen-bond donors (Lipinski definition) is 1. The zero-order valence-electron chi connectivity index (χ0n) is 46.4. The van der Waals surface area contributed by atoms with Crippen LogP contribution in [0.3, 0.4) is 0 Å². The van der Waals surface area contributed by atoms with E-state index in [0.29, 0.717) is 17.4 Å². The molecule has 0 fully saturated rings. The van der Waals surface area contributed by atoms with E-state index in [1.165, 1.54) is 109 Å². The lowest BCUT2D eigenvalue weighted by atomic mass is 10.0. The average Bonchev–Trinajstić information content (AvgIpc) is 3.33. The molecular weight excluding hydrogens is 906 g/mol. The van der Waals surface area contributed by atoms with E-state index in [1.54, 1.807) is 0 Å². The lowest BCUT2D eigenvalue weighted by molar-refractivity contribution is -0.870. The number of rotatable bonds is 52. The quantitative estimate of drug-likeness (QED) is 0.0211. The van der Waals surface area contributed by atoms with Crippen molar-refractivity contribution in [2.45, 2.75) is 245 Å². The number of allylic oxidation sites excluding steroid dienone is 14. The van der Waals surface area contributed by atoms with Crippen LogP contribution in [0.2, 0.25) is 0 Å². The summed E-state index contributed by atoms with van der Waals surface area (Å²) in [6.07, 6.45) is 69.3. The molecule has 2 atom stereocenters. The van der Waals surface area contributed by atoms with Crippen molar-refractivity contribution in [2.75, 3.05) is 47.5 Å². The molecule has 0 aromatic heterocycles. The van der Waals surface area contributed by atoms with Crippen LogP contribution in [0.1, 0.15) is 239 Å². The first kappa shape index (κ1) is 68.2. The summed E-state index contributed by atoms with van der Waals surface area (Å²) in [4.78, 5) is 35.6. The van der Waals surface area contributed by atoms with Gasteiger partial charge in [-0.2, -0.15) is 0 Å². The molecule has 0 saturated carbocycles. The predicted molar refractivity (Wildman–Crippen MR) is 302 cm³/mol. The minimum atomic E-state index is -4.39. The van der Waals surface area contributed by atoms with E-state index in [0.717, 1.165) is 96.3 Å². The molecule has 0 rings (SSSR count). The molecule has 10 heteroatoms. The van der Waals surface area contributed by atoms with Gasteiger partial charge in [-0.05, 0) is 89.9 Å². The Kier molecular flexibility index (Phi) is 50.0. The highest BCUT2D eigenvalue weighted by molar-refractivity contribution is 7.47. The number of hydrogen-bond acceptors (Lipinski definition) is 7. The fourth-order valence-corrected chi connectivity index (χ4v) is 8.46. The second kappa shape index (κ2) is 52.1. The molecule has 410 valence electrons. The van der Waals surface area contributed by atoms with Gasteiger partial charge in [0.15, 0.2) is 6.10 Å². The Hall–Kier alpha value is -2.81. The van der Waals surface area contributed by atoms with Crippen LogP contribution in [0.15, 0.2) is 85.1 Å². The number of carbonyl (C=O) groups excluding carboxylic acids is 2. The Balaban J connectivity index is 4.15. The van der Waals surface area contributed by atoms with E-state index < -0.39 is 26.5 Å². The summed E-state index contributed by atoms with van der Waals surface area (Å²) < 4.78 is 34.5. The highest BCUT2D eigenvalue weighted by Crippen LogP contribution is 2.43. The van der Waals surface area contributed by atoms with E-state index in [4.69, 9.17) is 18.5 Å². The zero-order valence-corrected chi connectivity index (χ0v) is 47.3. The standard InChI is InChI=1S/C61H108NO8P/c1-6-8-10-12-14-16-18-20-22-24-25-26-27-28-29-30-31-32-33-34-35-36-37-38-40-42-44-46-48-50-52-54-61(64)70-59(58-69-71(65,66)68-56-55-62(3,4)5)57-67-60(63)53-51-49-47-45-43-41-39-23-21-19-17-15-13-11-9-7-2/h8,10,14,16,20,22-23,25-26,28-29,31-32,39,59H,6-7,9,11-13,15,17-19,21,24,27,30,33-38,40-58H2,1-5H3/p+1/b10-8-,16-14-,22-20-,26-25-,29-28-,32-31-,39-23-. The van der Waals surface area contributed by atoms with Crippen LogP contribution in [0.25, 0.3) is 0 Å². The highest BCUT2D eigenvalue weighted by Gasteiger charge is 2.27. The molecule has 71 heavy (non-hydrogen) atoms. The van der Waals surface area contributed by atoms with Gasteiger partial charge in [0.2, 0.25) is 0 Å². The average molecular weight is 1020 g/mol. The Labute approximate surface area is 437 Å². The van der Waals surface area contributed by atoms with Gasteiger partial charge in [-0.3, -0.25) is 18.6 Å².